The number of hydrogen-bond donors (Lipinski definition) is 1. The summed E-state index contributed by atoms with van der Waals surface area (Å²) in [4.78, 5) is 1.99. The predicted molar refractivity (Wildman–Crippen MR) is 40.7 cm³/mol. The summed E-state index contributed by atoms with van der Waals surface area (Å²) >= 11 is 0. The molecule has 0 fully saturated rings. The lowest BCUT2D eigenvalue weighted by atomic mass is 10.5. The maximum absolute atomic E-state index is 8.49. The zero-order valence-corrected chi connectivity index (χ0v) is 6.42. The first-order valence-corrected chi connectivity index (χ1v) is 3.33. The second-order valence-electron chi connectivity index (χ2n) is 2.06. The average molecular weight is 145 g/mol. The zero-order chi connectivity index (χ0) is 7.82. The van der Waals surface area contributed by atoms with E-state index in [1.165, 1.54) is 6.26 Å². The highest BCUT2D eigenvalue weighted by Gasteiger charge is 1.94. The standard InChI is InChI=1S/C7H15NO2/c1-3-10-7-5-8(2)4-6-9/h3,9H,1,4-7H2,2H3. The number of ether oxygens (including phenoxy) is 1. The number of nitrogens with zero attached hydrogens (tertiary/aromatic N) is 1. The lowest BCUT2D eigenvalue weighted by Crippen LogP contribution is -2.25. The van der Waals surface area contributed by atoms with Crippen LogP contribution in [0.1, 0.15) is 0 Å². The van der Waals surface area contributed by atoms with Gasteiger partial charge in [0, 0.05) is 13.1 Å². The Kier molecular flexibility index (Phi) is 6.22. The molecular formula is C7H15NO2. The third-order valence-electron chi connectivity index (χ3n) is 1.19. The van der Waals surface area contributed by atoms with Crippen LogP contribution in [-0.2, 0) is 4.74 Å². The fraction of sp³-hybridized carbons (Fsp3) is 0.714. The summed E-state index contributed by atoms with van der Waals surface area (Å²) in [5.74, 6) is 0. The van der Waals surface area contributed by atoms with E-state index >= 15 is 0 Å². The SMILES string of the molecule is C=COCCN(C)CCO. The summed E-state index contributed by atoms with van der Waals surface area (Å²) in [5.41, 5.74) is 0. The van der Waals surface area contributed by atoms with Gasteiger partial charge in [0.15, 0.2) is 0 Å². The van der Waals surface area contributed by atoms with E-state index in [9.17, 15) is 0 Å². The molecule has 3 nitrogen and oxygen atoms in total. The third-order valence-corrected chi connectivity index (χ3v) is 1.19. The molecule has 0 aromatic rings. The molecule has 0 heterocycles. The summed E-state index contributed by atoms with van der Waals surface area (Å²) < 4.78 is 4.89. The first-order chi connectivity index (χ1) is 4.81. The van der Waals surface area contributed by atoms with Crippen molar-refractivity contribution in [3.63, 3.8) is 0 Å². The van der Waals surface area contributed by atoms with Crippen LogP contribution in [0.2, 0.25) is 0 Å². The summed E-state index contributed by atoms with van der Waals surface area (Å²) in [6, 6.07) is 0. The van der Waals surface area contributed by atoms with Crippen molar-refractivity contribution in [2.24, 2.45) is 0 Å². The molecule has 10 heavy (non-hydrogen) atoms. The van der Waals surface area contributed by atoms with E-state index in [4.69, 9.17) is 9.84 Å². The lowest BCUT2D eigenvalue weighted by Gasteiger charge is -2.13. The fourth-order valence-electron chi connectivity index (χ4n) is 0.574. The van der Waals surface area contributed by atoms with Crippen molar-refractivity contribution in [3.05, 3.63) is 12.8 Å². The molecule has 3 heteroatoms. The van der Waals surface area contributed by atoms with Crippen LogP contribution in [0.15, 0.2) is 12.8 Å². The molecule has 0 bridgehead atoms. The van der Waals surface area contributed by atoms with Crippen LogP contribution in [0.5, 0.6) is 0 Å². The topological polar surface area (TPSA) is 32.7 Å². The molecule has 0 saturated carbocycles. The van der Waals surface area contributed by atoms with E-state index in [0.717, 1.165) is 6.54 Å². The number of hydrogen-bond acceptors (Lipinski definition) is 3. The minimum absolute atomic E-state index is 0.199. The smallest absolute Gasteiger partial charge is 0.0999 e. The van der Waals surface area contributed by atoms with Crippen molar-refractivity contribution in [2.45, 2.75) is 0 Å². The minimum atomic E-state index is 0.199. The van der Waals surface area contributed by atoms with Gasteiger partial charge in [-0.15, -0.1) is 0 Å². The van der Waals surface area contributed by atoms with Gasteiger partial charge in [-0.25, -0.2) is 0 Å². The van der Waals surface area contributed by atoms with Gasteiger partial charge in [-0.3, -0.25) is 0 Å². The predicted octanol–water partition coefficient (Wildman–Crippen LogP) is 0.0706. The molecule has 0 aliphatic rings. The Balaban J connectivity index is 3.04. The van der Waals surface area contributed by atoms with Gasteiger partial charge >= 0.3 is 0 Å². The third kappa shape index (κ3) is 5.59. The van der Waals surface area contributed by atoms with E-state index in [0.29, 0.717) is 13.2 Å². The highest BCUT2D eigenvalue weighted by atomic mass is 16.5. The van der Waals surface area contributed by atoms with Crippen LogP contribution >= 0.6 is 0 Å². The molecule has 0 aliphatic carbocycles. The Labute approximate surface area is 61.9 Å². The Morgan fingerprint density at radius 1 is 1.60 bits per heavy atom. The maximum Gasteiger partial charge on any atom is 0.0999 e. The second kappa shape index (κ2) is 6.58. The van der Waals surface area contributed by atoms with E-state index in [1.54, 1.807) is 0 Å². The maximum atomic E-state index is 8.49. The Morgan fingerprint density at radius 3 is 2.80 bits per heavy atom. The van der Waals surface area contributed by atoms with Crippen LogP contribution in [0.3, 0.4) is 0 Å². The van der Waals surface area contributed by atoms with Gasteiger partial charge < -0.3 is 14.7 Å². The first-order valence-electron chi connectivity index (χ1n) is 3.33. The average Bonchev–Trinajstić information content (AvgIpc) is 1.89. The van der Waals surface area contributed by atoms with Gasteiger partial charge in [0.05, 0.1) is 19.5 Å². The van der Waals surface area contributed by atoms with E-state index in [2.05, 4.69) is 6.58 Å². The number of aliphatic hydroxyl groups is 1. The largest absolute Gasteiger partial charge is 0.500 e. The van der Waals surface area contributed by atoms with Gasteiger partial charge in [0.2, 0.25) is 0 Å². The molecule has 0 atom stereocenters. The van der Waals surface area contributed by atoms with Crippen LogP contribution in [0.25, 0.3) is 0 Å². The molecule has 0 radical (unpaired) electrons. The summed E-state index contributed by atoms with van der Waals surface area (Å²) in [6.45, 7) is 5.77. The Morgan fingerprint density at radius 2 is 2.30 bits per heavy atom. The number of likely N-dealkylation sites (N-methyl/N-ethyl adjacent to an activating group) is 1. The molecule has 0 aromatic heterocycles. The molecular weight excluding hydrogens is 130 g/mol. The zero-order valence-electron chi connectivity index (χ0n) is 6.42. The van der Waals surface area contributed by atoms with Gasteiger partial charge in [-0.05, 0) is 7.05 Å². The summed E-state index contributed by atoms with van der Waals surface area (Å²) in [5, 5.41) is 8.49. The Bertz CT molecular complexity index is 85.7. The van der Waals surface area contributed by atoms with Crippen molar-refractivity contribution >= 4 is 0 Å². The highest BCUT2D eigenvalue weighted by Crippen LogP contribution is 1.81. The van der Waals surface area contributed by atoms with Crippen molar-refractivity contribution in [1.29, 1.82) is 0 Å². The summed E-state index contributed by atoms with van der Waals surface area (Å²) in [6.07, 6.45) is 1.42. The minimum Gasteiger partial charge on any atom is -0.500 e. The number of aliphatic hydroxyl groups excluding tert-OH is 1. The van der Waals surface area contributed by atoms with Gasteiger partial charge in [0.25, 0.3) is 0 Å². The molecule has 0 amide bonds. The van der Waals surface area contributed by atoms with Gasteiger partial charge in [0.1, 0.15) is 0 Å². The summed E-state index contributed by atoms with van der Waals surface area (Å²) in [7, 11) is 1.93. The van der Waals surface area contributed by atoms with Crippen molar-refractivity contribution in [1.82, 2.24) is 4.90 Å². The van der Waals surface area contributed by atoms with E-state index in [1.807, 2.05) is 11.9 Å². The monoisotopic (exact) mass is 145 g/mol. The second-order valence-corrected chi connectivity index (χ2v) is 2.06. The number of rotatable bonds is 6. The van der Waals surface area contributed by atoms with Gasteiger partial charge in [-0.2, -0.15) is 0 Å². The van der Waals surface area contributed by atoms with E-state index in [-0.39, 0.29) is 6.61 Å². The van der Waals surface area contributed by atoms with Crippen molar-refractivity contribution < 1.29 is 9.84 Å². The highest BCUT2D eigenvalue weighted by molar-refractivity contribution is 4.52. The van der Waals surface area contributed by atoms with Crippen LogP contribution in [0.4, 0.5) is 0 Å². The quantitative estimate of drug-likeness (QED) is 0.424. The molecule has 0 unspecified atom stereocenters. The van der Waals surface area contributed by atoms with Crippen LogP contribution < -0.4 is 0 Å². The molecule has 60 valence electrons. The first kappa shape index (κ1) is 9.46. The molecule has 0 aromatic carbocycles. The normalized spacial score (nSPS) is 9.90. The van der Waals surface area contributed by atoms with Crippen LogP contribution in [-0.4, -0.2) is 43.4 Å². The fourth-order valence-corrected chi connectivity index (χ4v) is 0.574. The van der Waals surface area contributed by atoms with Crippen molar-refractivity contribution in [3.8, 4) is 0 Å². The molecule has 0 rings (SSSR count). The lowest BCUT2D eigenvalue weighted by molar-refractivity contribution is 0.171. The molecule has 0 saturated heterocycles. The molecule has 1 N–H and O–H groups in total. The molecule has 0 spiro atoms. The van der Waals surface area contributed by atoms with Crippen LogP contribution in [0, 0.1) is 0 Å². The van der Waals surface area contributed by atoms with Gasteiger partial charge in [-0.1, -0.05) is 6.58 Å². The Hall–Kier alpha value is -0.540. The van der Waals surface area contributed by atoms with Crippen molar-refractivity contribution in [2.75, 3.05) is 33.4 Å². The van der Waals surface area contributed by atoms with E-state index < -0.39 is 0 Å². The molecule has 0 aliphatic heterocycles.